The molecule has 1 amide bonds. The zero-order valence-electron chi connectivity index (χ0n) is 14.4. The molecule has 1 N–H and O–H groups in total. The van der Waals surface area contributed by atoms with E-state index in [1.807, 2.05) is 6.07 Å². The normalized spacial score (nSPS) is 10.7. The molecule has 0 spiro atoms. The zero-order valence-corrected chi connectivity index (χ0v) is 14.4. The zero-order chi connectivity index (χ0) is 18.4. The van der Waals surface area contributed by atoms with Crippen LogP contribution in [-0.4, -0.2) is 46.2 Å². The van der Waals surface area contributed by atoms with Gasteiger partial charge in [0.2, 0.25) is 0 Å². The van der Waals surface area contributed by atoms with Gasteiger partial charge in [-0.1, -0.05) is 36.4 Å². The van der Waals surface area contributed by atoms with Crippen molar-refractivity contribution < 1.29 is 13.9 Å². The maximum Gasteiger partial charge on any atom is 0.254 e. The summed E-state index contributed by atoms with van der Waals surface area (Å²) in [6.07, 6.45) is 1.39. The summed E-state index contributed by atoms with van der Waals surface area (Å²) in [4.78, 5) is 18.9. The lowest BCUT2D eigenvalue weighted by Crippen LogP contribution is -2.34. The van der Waals surface area contributed by atoms with Gasteiger partial charge in [0, 0.05) is 31.3 Å². The number of carbonyl (C=O) groups excluding carboxylic acids is 1. The molecule has 0 saturated carbocycles. The van der Waals surface area contributed by atoms with Crippen LogP contribution in [0.2, 0.25) is 0 Å². The molecule has 3 aromatic rings. The Balaban J connectivity index is 1.92. The smallest absolute Gasteiger partial charge is 0.254 e. The molecular formula is C19H19FN4O2. The molecule has 1 aromatic heterocycles. The monoisotopic (exact) mass is 354 g/mol. The Morgan fingerprint density at radius 3 is 2.69 bits per heavy atom. The first-order chi connectivity index (χ1) is 12.7. The third-order valence-corrected chi connectivity index (χ3v) is 4.00. The molecule has 0 radical (unpaired) electrons. The van der Waals surface area contributed by atoms with Crippen molar-refractivity contribution in [2.75, 3.05) is 20.3 Å². The predicted octanol–water partition coefficient (Wildman–Crippen LogP) is 2.90. The van der Waals surface area contributed by atoms with Crippen molar-refractivity contribution >= 4 is 5.91 Å². The van der Waals surface area contributed by atoms with Crippen LogP contribution in [-0.2, 0) is 11.3 Å². The quantitative estimate of drug-likeness (QED) is 0.708. The average Bonchev–Trinajstić information content (AvgIpc) is 3.20. The largest absolute Gasteiger partial charge is 0.383 e. The number of ether oxygens (including phenoxy) is 1. The van der Waals surface area contributed by atoms with Crippen LogP contribution in [0.5, 0.6) is 0 Å². The number of benzene rings is 2. The first-order valence-corrected chi connectivity index (χ1v) is 8.17. The van der Waals surface area contributed by atoms with Gasteiger partial charge in [-0.3, -0.25) is 9.89 Å². The molecule has 6 nitrogen and oxygen atoms in total. The molecule has 0 saturated heterocycles. The SMILES string of the molecule is COCCN(Cc1ccccc1F)C(=O)c1ccccc1-c1ncn[nH]1. The Morgan fingerprint density at radius 1 is 1.19 bits per heavy atom. The van der Waals surface area contributed by atoms with Crippen LogP contribution in [0, 0.1) is 5.82 Å². The summed E-state index contributed by atoms with van der Waals surface area (Å²) in [5, 5.41) is 6.62. The highest BCUT2D eigenvalue weighted by Crippen LogP contribution is 2.22. The van der Waals surface area contributed by atoms with Gasteiger partial charge in [-0.2, -0.15) is 5.10 Å². The van der Waals surface area contributed by atoms with Gasteiger partial charge >= 0.3 is 0 Å². The first kappa shape index (κ1) is 17.8. The fourth-order valence-corrected chi connectivity index (χ4v) is 2.67. The van der Waals surface area contributed by atoms with Gasteiger partial charge in [-0.15, -0.1) is 0 Å². The average molecular weight is 354 g/mol. The van der Waals surface area contributed by atoms with E-state index >= 15 is 0 Å². The van der Waals surface area contributed by atoms with Gasteiger partial charge in [0.05, 0.1) is 12.2 Å². The topological polar surface area (TPSA) is 71.1 Å². The van der Waals surface area contributed by atoms with Crippen molar-refractivity contribution in [1.29, 1.82) is 0 Å². The maximum atomic E-state index is 14.0. The van der Waals surface area contributed by atoms with Crippen molar-refractivity contribution in [2.45, 2.75) is 6.54 Å². The third kappa shape index (κ3) is 3.94. The van der Waals surface area contributed by atoms with Crippen molar-refractivity contribution in [3.8, 4) is 11.4 Å². The fourth-order valence-electron chi connectivity index (χ4n) is 2.67. The van der Waals surface area contributed by atoms with Crippen molar-refractivity contribution in [3.05, 3.63) is 71.8 Å². The second-order valence-corrected chi connectivity index (χ2v) is 5.69. The minimum absolute atomic E-state index is 0.152. The van der Waals surface area contributed by atoms with E-state index in [0.29, 0.717) is 35.7 Å². The van der Waals surface area contributed by atoms with Gasteiger partial charge in [0.1, 0.15) is 12.1 Å². The minimum atomic E-state index is -0.341. The molecule has 0 fully saturated rings. The molecule has 1 heterocycles. The fraction of sp³-hybridized carbons (Fsp3) is 0.211. The van der Waals surface area contributed by atoms with E-state index in [1.165, 1.54) is 12.4 Å². The van der Waals surface area contributed by atoms with Crippen molar-refractivity contribution in [3.63, 3.8) is 0 Å². The van der Waals surface area contributed by atoms with Crippen molar-refractivity contribution in [1.82, 2.24) is 20.1 Å². The Kier molecular flexibility index (Phi) is 5.70. The molecule has 7 heteroatoms. The van der Waals surface area contributed by atoms with E-state index < -0.39 is 0 Å². The van der Waals surface area contributed by atoms with E-state index in [0.717, 1.165) is 0 Å². The van der Waals surface area contributed by atoms with E-state index in [4.69, 9.17) is 4.74 Å². The number of hydrogen-bond acceptors (Lipinski definition) is 4. The minimum Gasteiger partial charge on any atom is -0.383 e. The molecule has 0 atom stereocenters. The number of hydrogen-bond donors (Lipinski definition) is 1. The number of carbonyl (C=O) groups is 1. The lowest BCUT2D eigenvalue weighted by atomic mass is 10.0. The summed E-state index contributed by atoms with van der Waals surface area (Å²) in [6, 6.07) is 13.6. The van der Waals surface area contributed by atoms with Crippen molar-refractivity contribution in [2.24, 2.45) is 0 Å². The number of H-pyrrole nitrogens is 1. The van der Waals surface area contributed by atoms with Crippen LogP contribution in [0.15, 0.2) is 54.9 Å². The van der Waals surface area contributed by atoms with Crippen LogP contribution < -0.4 is 0 Å². The van der Waals surface area contributed by atoms with E-state index in [9.17, 15) is 9.18 Å². The highest BCUT2D eigenvalue weighted by atomic mass is 19.1. The number of aromatic nitrogens is 3. The number of aromatic amines is 1. The number of amides is 1. The Morgan fingerprint density at radius 2 is 1.96 bits per heavy atom. The second-order valence-electron chi connectivity index (χ2n) is 5.69. The van der Waals surface area contributed by atoms with Gasteiger partial charge in [0.15, 0.2) is 5.82 Å². The molecule has 26 heavy (non-hydrogen) atoms. The molecule has 2 aromatic carbocycles. The van der Waals surface area contributed by atoms with Gasteiger partial charge in [-0.05, 0) is 12.1 Å². The second kappa shape index (κ2) is 8.35. The summed E-state index contributed by atoms with van der Waals surface area (Å²) in [6.45, 7) is 0.846. The van der Waals surface area contributed by atoms with E-state index in [-0.39, 0.29) is 18.3 Å². The molecule has 0 bridgehead atoms. The lowest BCUT2D eigenvalue weighted by Gasteiger charge is -2.23. The maximum absolute atomic E-state index is 14.0. The summed E-state index contributed by atoms with van der Waals surface area (Å²) >= 11 is 0. The Hall–Kier alpha value is -3.06. The molecule has 134 valence electrons. The highest BCUT2D eigenvalue weighted by molar-refractivity contribution is 6.00. The van der Waals surface area contributed by atoms with Crippen LogP contribution in [0.25, 0.3) is 11.4 Å². The first-order valence-electron chi connectivity index (χ1n) is 8.17. The van der Waals surface area contributed by atoms with Crippen LogP contribution in [0.4, 0.5) is 4.39 Å². The molecule has 3 rings (SSSR count). The third-order valence-electron chi connectivity index (χ3n) is 4.00. The van der Waals surface area contributed by atoms with Crippen LogP contribution in [0.3, 0.4) is 0 Å². The highest BCUT2D eigenvalue weighted by Gasteiger charge is 2.21. The van der Waals surface area contributed by atoms with Crippen LogP contribution >= 0.6 is 0 Å². The molecule has 0 unspecified atom stereocenters. The van der Waals surface area contributed by atoms with Gasteiger partial charge in [-0.25, -0.2) is 9.37 Å². The standard InChI is InChI=1S/C19H19FN4O2/c1-26-11-10-24(12-14-6-2-5-9-17(14)20)19(25)16-8-4-3-7-15(16)18-21-13-22-23-18/h2-9,13H,10-12H2,1H3,(H,21,22,23). The Bertz CT molecular complexity index is 867. The summed E-state index contributed by atoms with van der Waals surface area (Å²) in [7, 11) is 1.56. The molecular weight excluding hydrogens is 335 g/mol. The molecule has 0 aliphatic rings. The summed E-state index contributed by atoms with van der Waals surface area (Å²) in [5.41, 5.74) is 1.57. The van der Waals surface area contributed by atoms with E-state index in [2.05, 4.69) is 15.2 Å². The van der Waals surface area contributed by atoms with E-state index in [1.54, 1.807) is 48.4 Å². The molecule has 0 aliphatic carbocycles. The molecule has 0 aliphatic heterocycles. The van der Waals surface area contributed by atoms with Crippen LogP contribution in [0.1, 0.15) is 15.9 Å². The predicted molar refractivity (Wildman–Crippen MR) is 94.8 cm³/mol. The lowest BCUT2D eigenvalue weighted by molar-refractivity contribution is 0.0679. The number of methoxy groups -OCH3 is 1. The number of rotatable bonds is 7. The van der Waals surface area contributed by atoms with Gasteiger partial charge in [0.25, 0.3) is 5.91 Å². The summed E-state index contributed by atoms with van der Waals surface area (Å²) in [5.74, 6) is -0.0601. The summed E-state index contributed by atoms with van der Waals surface area (Å²) < 4.78 is 19.2. The number of nitrogens with zero attached hydrogens (tertiary/aromatic N) is 3. The number of halogens is 1. The van der Waals surface area contributed by atoms with Gasteiger partial charge < -0.3 is 9.64 Å². The number of nitrogens with one attached hydrogen (secondary N) is 1. The Labute approximate surface area is 150 Å².